The first-order valence-corrected chi connectivity index (χ1v) is 12.1. The Bertz CT molecular complexity index is 1480. The quantitative estimate of drug-likeness (QED) is 0.354. The molecule has 9 nitrogen and oxygen atoms in total. The number of anilines is 1. The maximum atomic E-state index is 14.0. The molecule has 0 saturated carbocycles. The average Bonchev–Trinajstić information content (AvgIpc) is 3.34. The van der Waals surface area contributed by atoms with Gasteiger partial charge in [0, 0.05) is 29.1 Å². The van der Waals surface area contributed by atoms with Crippen molar-refractivity contribution in [1.29, 1.82) is 0 Å². The summed E-state index contributed by atoms with van der Waals surface area (Å²) in [6, 6.07) is 18.5. The minimum atomic E-state index is -0.872. The van der Waals surface area contributed by atoms with E-state index < -0.39 is 24.1 Å². The van der Waals surface area contributed by atoms with Gasteiger partial charge in [0.2, 0.25) is 0 Å². The van der Waals surface area contributed by atoms with Crippen molar-refractivity contribution in [2.24, 2.45) is 0 Å². The molecular weight excluding hydrogens is 486 g/mol. The third kappa shape index (κ3) is 4.36. The van der Waals surface area contributed by atoms with E-state index in [9.17, 15) is 9.59 Å². The first-order chi connectivity index (χ1) is 18.5. The lowest BCUT2D eigenvalue weighted by atomic mass is 9.88. The largest absolute Gasteiger partial charge is 0.497 e. The summed E-state index contributed by atoms with van der Waals surface area (Å²) < 4.78 is 21.3. The van der Waals surface area contributed by atoms with E-state index in [1.54, 1.807) is 32.4 Å². The third-order valence-electron chi connectivity index (χ3n) is 6.92. The fourth-order valence-corrected chi connectivity index (χ4v) is 5.07. The molecule has 196 valence electrons. The number of methoxy groups -OCH3 is 4. The van der Waals surface area contributed by atoms with Crippen LogP contribution in [0.15, 0.2) is 66.7 Å². The van der Waals surface area contributed by atoms with Crippen molar-refractivity contribution >= 4 is 28.6 Å². The summed E-state index contributed by atoms with van der Waals surface area (Å²) >= 11 is 0. The van der Waals surface area contributed by atoms with Gasteiger partial charge in [0.15, 0.2) is 0 Å². The Labute approximate surface area is 220 Å². The van der Waals surface area contributed by atoms with E-state index in [0.717, 1.165) is 27.7 Å². The van der Waals surface area contributed by atoms with Crippen LogP contribution in [0.25, 0.3) is 10.9 Å². The number of hydrogen-bond acceptors (Lipinski definition) is 6. The monoisotopic (exact) mass is 515 g/mol. The average molecular weight is 516 g/mol. The molecule has 1 unspecified atom stereocenters. The highest BCUT2D eigenvalue weighted by atomic mass is 16.5. The molecule has 0 fully saturated rings. The lowest BCUT2D eigenvalue weighted by molar-refractivity contribution is -0.146. The van der Waals surface area contributed by atoms with Gasteiger partial charge in [-0.1, -0.05) is 30.3 Å². The van der Waals surface area contributed by atoms with E-state index in [-0.39, 0.29) is 0 Å². The number of urea groups is 1. The van der Waals surface area contributed by atoms with Crippen LogP contribution in [0.3, 0.4) is 0 Å². The summed E-state index contributed by atoms with van der Waals surface area (Å²) in [6.45, 7) is 0. The van der Waals surface area contributed by atoms with Crippen molar-refractivity contribution in [2.45, 2.75) is 18.5 Å². The number of hydrogen-bond donors (Lipinski definition) is 2. The zero-order valence-corrected chi connectivity index (χ0v) is 21.6. The number of ether oxygens (including phenoxy) is 4. The minimum absolute atomic E-state index is 0.297. The van der Waals surface area contributed by atoms with Crippen molar-refractivity contribution in [3.63, 3.8) is 0 Å². The Hall–Kier alpha value is -4.66. The number of aromatic nitrogens is 1. The maximum absolute atomic E-state index is 14.0. The molecule has 2 amide bonds. The van der Waals surface area contributed by atoms with Crippen LogP contribution in [0.2, 0.25) is 0 Å². The summed E-state index contributed by atoms with van der Waals surface area (Å²) in [6.07, 6.45) is 0.297. The second kappa shape index (κ2) is 10.4. The molecule has 2 N–H and O–H groups in total. The van der Waals surface area contributed by atoms with Gasteiger partial charge < -0.3 is 29.2 Å². The van der Waals surface area contributed by atoms with Crippen LogP contribution >= 0.6 is 0 Å². The molecule has 38 heavy (non-hydrogen) atoms. The summed E-state index contributed by atoms with van der Waals surface area (Å²) in [5.74, 6) is 1.20. The first kappa shape index (κ1) is 25.0. The molecule has 3 aromatic carbocycles. The number of H-pyrrole nitrogens is 1. The van der Waals surface area contributed by atoms with E-state index in [1.165, 1.54) is 19.1 Å². The first-order valence-electron chi connectivity index (χ1n) is 12.1. The summed E-state index contributed by atoms with van der Waals surface area (Å²) in [5, 5.41) is 3.94. The van der Waals surface area contributed by atoms with Crippen LogP contribution < -0.4 is 19.5 Å². The number of nitrogens with zero attached hydrogens (tertiary/aromatic N) is 1. The van der Waals surface area contributed by atoms with Crippen LogP contribution in [0, 0.1) is 0 Å². The number of para-hydroxylation sites is 1. The second-order valence-corrected chi connectivity index (χ2v) is 8.89. The van der Waals surface area contributed by atoms with Gasteiger partial charge in [0.05, 0.1) is 34.1 Å². The molecule has 4 aromatic rings. The highest BCUT2D eigenvalue weighted by Crippen LogP contribution is 2.42. The van der Waals surface area contributed by atoms with Gasteiger partial charge in [-0.05, 0) is 41.5 Å². The number of esters is 1. The van der Waals surface area contributed by atoms with Crippen molar-refractivity contribution in [3.8, 4) is 17.2 Å². The normalized spacial score (nSPS) is 16.5. The van der Waals surface area contributed by atoms with Gasteiger partial charge in [0.1, 0.15) is 29.3 Å². The zero-order chi connectivity index (χ0) is 26.8. The number of benzene rings is 3. The Balaban J connectivity index is 1.65. The number of aromatic amines is 1. The van der Waals surface area contributed by atoms with Crippen LogP contribution in [0.1, 0.15) is 22.9 Å². The molecule has 2 heterocycles. The number of rotatable bonds is 6. The van der Waals surface area contributed by atoms with E-state index >= 15 is 0 Å². The fraction of sp³-hybridized carbons (Fsp3) is 0.241. The van der Waals surface area contributed by atoms with E-state index in [4.69, 9.17) is 18.9 Å². The second-order valence-electron chi connectivity index (χ2n) is 8.89. The molecule has 1 aliphatic rings. The molecule has 1 aromatic heterocycles. The van der Waals surface area contributed by atoms with Crippen LogP contribution in [-0.4, -0.2) is 56.4 Å². The summed E-state index contributed by atoms with van der Waals surface area (Å²) in [7, 11) is 6.00. The molecule has 1 aliphatic heterocycles. The zero-order valence-electron chi connectivity index (χ0n) is 21.6. The van der Waals surface area contributed by atoms with E-state index in [0.29, 0.717) is 29.4 Å². The minimum Gasteiger partial charge on any atom is -0.497 e. The van der Waals surface area contributed by atoms with Gasteiger partial charge in [-0.15, -0.1) is 0 Å². The standard InChI is InChI=1S/C29H29N3O6/c1-35-18-11-9-17(10-12-18)27-26-21(20-7-5-6-8-22(20)30-26)16-24(28(33)38-4)32(27)29(34)31-23-14-13-19(36-2)15-25(23)37-3/h5-15,24,27,30H,16H2,1-4H3,(H,31,34)/t24-,27?/m1/s1. The van der Waals surface area contributed by atoms with Gasteiger partial charge >= 0.3 is 12.0 Å². The molecule has 0 bridgehead atoms. The molecule has 0 aliphatic carbocycles. The maximum Gasteiger partial charge on any atom is 0.329 e. The number of nitrogens with one attached hydrogen (secondary N) is 2. The SMILES string of the molecule is COC(=O)[C@H]1Cc2c([nH]c3ccccc23)C(c2ccc(OC)cc2)N1C(=O)Nc1ccc(OC)cc1OC. The highest BCUT2D eigenvalue weighted by molar-refractivity contribution is 5.96. The predicted molar refractivity (Wildman–Crippen MR) is 143 cm³/mol. The predicted octanol–water partition coefficient (Wildman–Crippen LogP) is 4.91. The lowest BCUT2D eigenvalue weighted by Gasteiger charge is -2.40. The molecule has 0 spiro atoms. The molecule has 0 radical (unpaired) electrons. The van der Waals surface area contributed by atoms with Crippen LogP contribution in [0.4, 0.5) is 10.5 Å². The van der Waals surface area contributed by atoms with Crippen molar-refractivity contribution in [2.75, 3.05) is 33.8 Å². The number of fused-ring (bicyclic) bond motifs is 3. The Kier molecular flexibility index (Phi) is 6.83. The highest BCUT2D eigenvalue weighted by Gasteiger charge is 2.44. The van der Waals surface area contributed by atoms with E-state index in [2.05, 4.69) is 10.3 Å². The van der Waals surface area contributed by atoms with Gasteiger partial charge in [-0.25, -0.2) is 9.59 Å². The van der Waals surface area contributed by atoms with E-state index in [1.807, 2.05) is 48.5 Å². The van der Waals surface area contributed by atoms with Crippen molar-refractivity contribution < 1.29 is 28.5 Å². The summed E-state index contributed by atoms with van der Waals surface area (Å²) in [5.41, 5.74) is 4.00. The van der Waals surface area contributed by atoms with Crippen LogP contribution in [0.5, 0.6) is 17.2 Å². The number of carbonyl (C=O) groups excluding carboxylic acids is 2. The third-order valence-corrected chi connectivity index (χ3v) is 6.92. The number of carbonyl (C=O) groups is 2. The van der Waals surface area contributed by atoms with Gasteiger partial charge in [-0.3, -0.25) is 4.90 Å². The smallest absolute Gasteiger partial charge is 0.329 e. The molecule has 9 heteroatoms. The Morgan fingerprint density at radius 1 is 0.895 bits per heavy atom. The molecule has 2 atom stereocenters. The van der Waals surface area contributed by atoms with Crippen molar-refractivity contribution in [3.05, 3.63) is 83.6 Å². The molecule has 0 saturated heterocycles. The summed E-state index contributed by atoms with van der Waals surface area (Å²) in [4.78, 5) is 32.3. The van der Waals surface area contributed by atoms with Crippen molar-refractivity contribution in [1.82, 2.24) is 9.88 Å². The van der Waals surface area contributed by atoms with Gasteiger partial charge in [-0.2, -0.15) is 0 Å². The lowest BCUT2D eigenvalue weighted by Crippen LogP contribution is -2.53. The van der Waals surface area contributed by atoms with Crippen LogP contribution in [-0.2, 0) is 16.0 Å². The molecule has 5 rings (SSSR count). The van der Waals surface area contributed by atoms with Gasteiger partial charge in [0.25, 0.3) is 0 Å². The Morgan fingerprint density at radius 3 is 2.29 bits per heavy atom. The number of amides is 2. The topological polar surface area (TPSA) is 102 Å². The Morgan fingerprint density at radius 2 is 1.61 bits per heavy atom. The fourth-order valence-electron chi connectivity index (χ4n) is 5.07. The molecular formula is C29H29N3O6.